The van der Waals surface area contributed by atoms with Crippen LogP contribution in [0.4, 0.5) is 0 Å². The summed E-state index contributed by atoms with van der Waals surface area (Å²) in [5.41, 5.74) is 0.970. The van der Waals surface area contributed by atoms with Gasteiger partial charge in [0.15, 0.2) is 0 Å². The molecule has 0 N–H and O–H groups in total. The van der Waals surface area contributed by atoms with Gasteiger partial charge in [0.05, 0.1) is 12.3 Å². The van der Waals surface area contributed by atoms with Crippen molar-refractivity contribution in [2.45, 2.75) is 20.8 Å². The summed E-state index contributed by atoms with van der Waals surface area (Å²) in [6.45, 7) is 7.40. The van der Waals surface area contributed by atoms with Crippen LogP contribution in [0.5, 0.6) is 0 Å². The Morgan fingerprint density at radius 1 is 1.36 bits per heavy atom. The van der Waals surface area contributed by atoms with E-state index in [0.717, 1.165) is 12.3 Å². The molecule has 1 aromatic rings. The second-order valence-corrected chi connectivity index (χ2v) is 2.32. The lowest BCUT2D eigenvalue weighted by molar-refractivity contribution is 0.178. The van der Waals surface area contributed by atoms with Gasteiger partial charge in [-0.1, -0.05) is 26.0 Å². The molecule has 0 unspecified atom stereocenters. The molecule has 0 aromatic carbocycles. The first-order valence-corrected chi connectivity index (χ1v) is 5.09. The van der Waals surface area contributed by atoms with Crippen molar-refractivity contribution in [3.8, 4) is 0 Å². The summed E-state index contributed by atoms with van der Waals surface area (Å²) < 4.78 is 5.14. The van der Waals surface area contributed by atoms with Gasteiger partial charge in [-0.3, -0.25) is 4.98 Å². The highest BCUT2D eigenvalue weighted by molar-refractivity contribution is 5.43. The number of hydrogen-bond donors (Lipinski definition) is 0. The number of ether oxygens (including phenoxy) is 1. The molecule has 2 heteroatoms. The quantitative estimate of drug-likeness (QED) is 0.685. The van der Waals surface area contributed by atoms with Crippen LogP contribution in [0.3, 0.4) is 0 Å². The van der Waals surface area contributed by atoms with Crippen molar-refractivity contribution in [2.24, 2.45) is 0 Å². The topological polar surface area (TPSA) is 22.1 Å². The molecule has 1 heterocycles. The molecule has 0 bridgehead atoms. The number of rotatable bonds is 4. The number of hydrogen-bond acceptors (Lipinski definition) is 2. The Labute approximate surface area is 86.6 Å². The molecule has 0 spiro atoms. The Hall–Kier alpha value is -1.15. The Morgan fingerprint density at radius 2 is 2.14 bits per heavy atom. The Balaban J connectivity index is 0.000000791. The summed E-state index contributed by atoms with van der Waals surface area (Å²) in [5.74, 6) is 0. The maximum Gasteiger partial charge on any atom is 0.0651 e. The van der Waals surface area contributed by atoms with E-state index >= 15 is 0 Å². The normalized spacial score (nSPS) is 9.64. The zero-order valence-corrected chi connectivity index (χ0v) is 9.23. The third-order valence-electron chi connectivity index (χ3n) is 1.39. The molecule has 0 atom stereocenters. The van der Waals surface area contributed by atoms with Crippen LogP contribution in [-0.4, -0.2) is 18.2 Å². The molecule has 0 saturated carbocycles. The van der Waals surface area contributed by atoms with E-state index in [1.165, 1.54) is 0 Å². The van der Waals surface area contributed by atoms with Gasteiger partial charge in [0, 0.05) is 12.8 Å². The highest BCUT2D eigenvalue weighted by Crippen LogP contribution is 1.95. The highest BCUT2D eigenvalue weighted by Gasteiger charge is 1.82. The molecule has 0 fully saturated rings. The minimum atomic E-state index is 0.660. The molecule has 0 amide bonds. The first-order valence-electron chi connectivity index (χ1n) is 5.09. The third kappa shape index (κ3) is 6.38. The molecule has 2 nitrogen and oxygen atoms in total. The zero-order valence-electron chi connectivity index (χ0n) is 9.23. The van der Waals surface area contributed by atoms with E-state index < -0.39 is 0 Å². The maximum atomic E-state index is 5.14. The lowest BCUT2D eigenvalue weighted by Gasteiger charge is -1.93. The summed E-state index contributed by atoms with van der Waals surface area (Å²) in [6.07, 6.45) is 5.70. The zero-order chi connectivity index (χ0) is 10.6. The molecule has 78 valence electrons. The van der Waals surface area contributed by atoms with Crippen molar-refractivity contribution in [3.05, 3.63) is 36.2 Å². The largest absolute Gasteiger partial charge is 0.378 e. The van der Waals surface area contributed by atoms with Gasteiger partial charge in [0.25, 0.3) is 0 Å². The van der Waals surface area contributed by atoms with E-state index in [1.807, 2.05) is 51.1 Å². The first kappa shape index (κ1) is 12.8. The summed E-state index contributed by atoms with van der Waals surface area (Å²) in [4.78, 5) is 4.13. The molecule has 1 aromatic heterocycles. The van der Waals surface area contributed by atoms with Crippen molar-refractivity contribution in [1.82, 2.24) is 4.98 Å². The molecule has 0 aliphatic carbocycles. The maximum absolute atomic E-state index is 5.14. The standard InChI is InChI=1S/C10H13NO.C2H6/c1-2-12-9-5-7-10-6-3-4-8-11-10;1-2/h3-8H,2,9H2,1H3;1-2H3/b7-5+;. The van der Waals surface area contributed by atoms with Crippen molar-refractivity contribution in [1.29, 1.82) is 0 Å². The van der Waals surface area contributed by atoms with Gasteiger partial charge in [0.1, 0.15) is 0 Å². The van der Waals surface area contributed by atoms with Crippen LogP contribution in [0.25, 0.3) is 6.08 Å². The lowest BCUT2D eigenvalue weighted by atomic mass is 10.3. The lowest BCUT2D eigenvalue weighted by Crippen LogP contribution is -1.88. The molecule has 1 rings (SSSR count). The number of nitrogens with zero attached hydrogens (tertiary/aromatic N) is 1. The second kappa shape index (κ2) is 9.93. The number of aromatic nitrogens is 1. The minimum Gasteiger partial charge on any atom is -0.378 e. The van der Waals surface area contributed by atoms with Gasteiger partial charge in [-0.25, -0.2) is 0 Å². The Bertz CT molecular complexity index is 231. The smallest absolute Gasteiger partial charge is 0.0651 e. The van der Waals surface area contributed by atoms with Crippen molar-refractivity contribution in [3.63, 3.8) is 0 Å². The van der Waals surface area contributed by atoms with E-state index in [2.05, 4.69) is 4.98 Å². The SMILES string of the molecule is CC.CCOC/C=C/c1ccccn1. The average Bonchev–Trinajstić information content (AvgIpc) is 2.29. The highest BCUT2D eigenvalue weighted by atomic mass is 16.5. The van der Waals surface area contributed by atoms with Crippen LogP contribution in [0.1, 0.15) is 26.5 Å². The molecule has 0 saturated heterocycles. The fourth-order valence-electron chi connectivity index (χ4n) is 0.829. The molecular formula is C12H19NO. The predicted molar refractivity (Wildman–Crippen MR) is 61.1 cm³/mol. The fraction of sp³-hybridized carbons (Fsp3) is 0.417. The molecule has 0 aliphatic rings. The van der Waals surface area contributed by atoms with Crippen LogP contribution in [0, 0.1) is 0 Å². The van der Waals surface area contributed by atoms with E-state index in [-0.39, 0.29) is 0 Å². The van der Waals surface area contributed by atoms with Crippen molar-refractivity contribution >= 4 is 6.08 Å². The van der Waals surface area contributed by atoms with E-state index in [4.69, 9.17) is 4.74 Å². The molecule has 0 aliphatic heterocycles. The van der Waals surface area contributed by atoms with Gasteiger partial charge in [-0.2, -0.15) is 0 Å². The first-order chi connectivity index (χ1) is 6.93. The van der Waals surface area contributed by atoms with Crippen LogP contribution in [-0.2, 0) is 4.74 Å². The summed E-state index contributed by atoms with van der Waals surface area (Å²) in [5, 5.41) is 0. The summed E-state index contributed by atoms with van der Waals surface area (Å²) in [7, 11) is 0. The van der Waals surface area contributed by atoms with Gasteiger partial charge in [-0.15, -0.1) is 0 Å². The van der Waals surface area contributed by atoms with Crippen molar-refractivity contribution < 1.29 is 4.74 Å². The summed E-state index contributed by atoms with van der Waals surface area (Å²) >= 11 is 0. The minimum absolute atomic E-state index is 0.660. The predicted octanol–water partition coefficient (Wildman–Crippen LogP) is 3.16. The van der Waals surface area contributed by atoms with Gasteiger partial charge in [0.2, 0.25) is 0 Å². The Kier molecular flexibility index (Phi) is 9.12. The second-order valence-electron chi connectivity index (χ2n) is 2.32. The third-order valence-corrected chi connectivity index (χ3v) is 1.39. The number of pyridine rings is 1. The van der Waals surface area contributed by atoms with E-state index in [0.29, 0.717) is 6.61 Å². The van der Waals surface area contributed by atoms with Crippen LogP contribution in [0.2, 0.25) is 0 Å². The van der Waals surface area contributed by atoms with Gasteiger partial charge in [-0.05, 0) is 25.1 Å². The average molecular weight is 193 g/mol. The summed E-state index contributed by atoms with van der Waals surface area (Å²) in [6, 6.07) is 5.83. The van der Waals surface area contributed by atoms with Gasteiger partial charge >= 0.3 is 0 Å². The van der Waals surface area contributed by atoms with E-state index in [1.54, 1.807) is 6.20 Å². The van der Waals surface area contributed by atoms with Gasteiger partial charge < -0.3 is 4.74 Å². The molecule has 14 heavy (non-hydrogen) atoms. The monoisotopic (exact) mass is 193 g/mol. The Morgan fingerprint density at radius 3 is 2.71 bits per heavy atom. The van der Waals surface area contributed by atoms with E-state index in [9.17, 15) is 0 Å². The van der Waals surface area contributed by atoms with Crippen LogP contribution < -0.4 is 0 Å². The van der Waals surface area contributed by atoms with Crippen molar-refractivity contribution in [2.75, 3.05) is 13.2 Å². The fourth-order valence-corrected chi connectivity index (χ4v) is 0.829. The van der Waals surface area contributed by atoms with Crippen LogP contribution >= 0.6 is 0 Å². The molecular weight excluding hydrogens is 174 g/mol. The van der Waals surface area contributed by atoms with Crippen LogP contribution in [0.15, 0.2) is 30.5 Å². The molecule has 0 radical (unpaired) electrons.